The lowest BCUT2D eigenvalue weighted by molar-refractivity contribution is 0.0115. The number of alkyl halides is 1. The van der Waals surface area contributed by atoms with Crippen LogP contribution in [-0.2, 0) is 14.2 Å². The third-order valence-corrected chi connectivity index (χ3v) is 3.99. The van der Waals surface area contributed by atoms with Crippen LogP contribution in [0.3, 0.4) is 0 Å². The van der Waals surface area contributed by atoms with Gasteiger partial charge in [-0.1, -0.05) is 43.1 Å². The summed E-state index contributed by atoms with van der Waals surface area (Å²) in [6.07, 6.45) is 3.43. The van der Waals surface area contributed by atoms with E-state index in [2.05, 4.69) is 36.7 Å². The van der Waals surface area contributed by atoms with Crippen molar-refractivity contribution < 1.29 is 14.2 Å². The van der Waals surface area contributed by atoms with Crippen molar-refractivity contribution in [1.29, 1.82) is 0 Å². The zero-order chi connectivity index (χ0) is 14.3. The van der Waals surface area contributed by atoms with Crippen molar-refractivity contribution in [3.63, 3.8) is 0 Å². The zero-order valence-electron chi connectivity index (χ0n) is 12.8. The molecule has 0 saturated carbocycles. The minimum atomic E-state index is 0.664. The van der Waals surface area contributed by atoms with E-state index < -0.39 is 0 Å². The topological polar surface area (TPSA) is 27.7 Å². The molecular formula is C15H31BrO3. The first kappa shape index (κ1) is 19.4. The van der Waals surface area contributed by atoms with Gasteiger partial charge in [0.2, 0.25) is 0 Å². The zero-order valence-corrected chi connectivity index (χ0v) is 14.4. The number of hydrogen-bond acceptors (Lipinski definition) is 3. The van der Waals surface area contributed by atoms with Crippen LogP contribution >= 0.6 is 15.9 Å². The van der Waals surface area contributed by atoms with Gasteiger partial charge in [0.25, 0.3) is 0 Å². The Balaban J connectivity index is 3.14. The number of halogens is 1. The smallest absolute Gasteiger partial charge is 0.0701 e. The van der Waals surface area contributed by atoms with Crippen LogP contribution in [0.1, 0.15) is 40.0 Å². The van der Waals surface area contributed by atoms with Crippen molar-refractivity contribution in [2.45, 2.75) is 40.0 Å². The van der Waals surface area contributed by atoms with Crippen LogP contribution < -0.4 is 0 Å². The summed E-state index contributed by atoms with van der Waals surface area (Å²) < 4.78 is 16.4. The fourth-order valence-corrected chi connectivity index (χ4v) is 2.68. The van der Waals surface area contributed by atoms with Gasteiger partial charge in [0, 0.05) is 18.5 Å². The van der Waals surface area contributed by atoms with E-state index in [1.165, 1.54) is 6.42 Å². The normalized spacial score (nSPS) is 13.1. The average molecular weight is 339 g/mol. The molecule has 0 aliphatic carbocycles. The Kier molecular flexibility index (Phi) is 15.0. The van der Waals surface area contributed by atoms with Gasteiger partial charge < -0.3 is 14.2 Å². The molecule has 116 valence electrons. The molecule has 0 aromatic carbocycles. The minimum absolute atomic E-state index is 0.664. The summed E-state index contributed by atoms with van der Waals surface area (Å²) in [5, 5.41) is 1.06. The fourth-order valence-electron chi connectivity index (χ4n) is 1.61. The van der Waals surface area contributed by atoms with Crippen LogP contribution in [0.25, 0.3) is 0 Å². The molecule has 0 aromatic rings. The molecule has 3 nitrogen and oxygen atoms in total. The molecule has 0 radical (unpaired) electrons. The predicted octanol–water partition coefficient (Wildman–Crippen LogP) is 3.89. The summed E-state index contributed by atoms with van der Waals surface area (Å²) in [5.41, 5.74) is 0. The van der Waals surface area contributed by atoms with Gasteiger partial charge in [0.1, 0.15) is 0 Å². The molecule has 0 saturated heterocycles. The van der Waals surface area contributed by atoms with Gasteiger partial charge in [-0.3, -0.25) is 0 Å². The Morgan fingerprint density at radius 3 is 1.84 bits per heavy atom. The van der Waals surface area contributed by atoms with E-state index in [9.17, 15) is 0 Å². The monoisotopic (exact) mass is 338 g/mol. The fraction of sp³-hybridized carbons (Fsp3) is 1.00. The first-order valence-corrected chi connectivity index (χ1v) is 8.63. The van der Waals surface area contributed by atoms with E-state index in [1.807, 2.05) is 0 Å². The second-order valence-corrected chi connectivity index (χ2v) is 5.79. The third-order valence-electron chi connectivity index (χ3n) is 3.16. The highest BCUT2D eigenvalue weighted by molar-refractivity contribution is 9.09. The quantitative estimate of drug-likeness (QED) is 0.355. The molecule has 0 spiro atoms. The number of unbranched alkanes of at least 4 members (excludes halogenated alkanes) is 1. The van der Waals surface area contributed by atoms with Crippen molar-refractivity contribution in [2.24, 2.45) is 11.8 Å². The minimum Gasteiger partial charge on any atom is -0.379 e. The van der Waals surface area contributed by atoms with Crippen molar-refractivity contribution in [3.8, 4) is 0 Å². The van der Waals surface area contributed by atoms with Gasteiger partial charge in [-0.15, -0.1) is 0 Å². The highest BCUT2D eigenvalue weighted by Gasteiger charge is 2.10. The van der Waals surface area contributed by atoms with Crippen molar-refractivity contribution in [2.75, 3.05) is 45.0 Å². The maximum Gasteiger partial charge on any atom is 0.0701 e. The molecule has 4 heteroatoms. The molecule has 0 rings (SSSR count). The van der Waals surface area contributed by atoms with Crippen LogP contribution in [0.4, 0.5) is 0 Å². The molecule has 0 aliphatic rings. The Hall–Kier alpha value is 0.360. The molecule has 0 amide bonds. The molecular weight excluding hydrogens is 308 g/mol. The molecule has 0 fully saturated rings. The lowest BCUT2D eigenvalue weighted by Crippen LogP contribution is -2.15. The molecule has 1 atom stereocenters. The van der Waals surface area contributed by atoms with Crippen LogP contribution in [0, 0.1) is 11.8 Å². The highest BCUT2D eigenvalue weighted by atomic mass is 79.9. The lowest BCUT2D eigenvalue weighted by Gasteiger charge is -2.17. The second-order valence-electron chi connectivity index (χ2n) is 5.14. The van der Waals surface area contributed by atoms with Gasteiger partial charge in [0.15, 0.2) is 0 Å². The largest absolute Gasteiger partial charge is 0.379 e. The molecule has 0 aliphatic heterocycles. The van der Waals surface area contributed by atoms with E-state index in [0.717, 1.165) is 31.4 Å². The van der Waals surface area contributed by atoms with Gasteiger partial charge in [-0.25, -0.2) is 0 Å². The summed E-state index contributed by atoms with van der Waals surface area (Å²) >= 11 is 3.55. The van der Waals surface area contributed by atoms with Crippen LogP contribution in [0.5, 0.6) is 0 Å². The molecule has 0 heterocycles. The summed E-state index contributed by atoms with van der Waals surface area (Å²) in [6, 6.07) is 0. The molecule has 19 heavy (non-hydrogen) atoms. The summed E-state index contributed by atoms with van der Waals surface area (Å²) in [6.45, 7) is 11.1. The first-order chi connectivity index (χ1) is 9.22. The lowest BCUT2D eigenvalue weighted by atomic mass is 9.95. The summed E-state index contributed by atoms with van der Waals surface area (Å²) in [7, 11) is 0. The van der Waals surface area contributed by atoms with Crippen LogP contribution in [-0.4, -0.2) is 45.0 Å². The van der Waals surface area contributed by atoms with E-state index in [4.69, 9.17) is 14.2 Å². The van der Waals surface area contributed by atoms with Gasteiger partial charge in [0.05, 0.1) is 26.4 Å². The number of ether oxygens (including phenoxy) is 3. The van der Waals surface area contributed by atoms with E-state index in [-0.39, 0.29) is 0 Å². The molecule has 0 aromatic heterocycles. The SMILES string of the molecule is CCCCOCCOCCOCCC(CBr)C(C)C. The van der Waals surface area contributed by atoms with E-state index in [0.29, 0.717) is 38.3 Å². The summed E-state index contributed by atoms with van der Waals surface area (Å²) in [4.78, 5) is 0. The maximum atomic E-state index is 5.57. The van der Waals surface area contributed by atoms with Crippen molar-refractivity contribution in [1.82, 2.24) is 0 Å². The highest BCUT2D eigenvalue weighted by Crippen LogP contribution is 2.17. The van der Waals surface area contributed by atoms with Crippen LogP contribution in [0.2, 0.25) is 0 Å². The molecule has 0 bridgehead atoms. The number of rotatable bonds is 14. The third kappa shape index (κ3) is 13.1. The maximum absolute atomic E-state index is 5.57. The number of hydrogen-bond donors (Lipinski definition) is 0. The average Bonchev–Trinajstić information content (AvgIpc) is 2.40. The van der Waals surface area contributed by atoms with Gasteiger partial charge >= 0.3 is 0 Å². The van der Waals surface area contributed by atoms with Crippen LogP contribution in [0.15, 0.2) is 0 Å². The Morgan fingerprint density at radius 2 is 1.37 bits per heavy atom. The molecule has 0 N–H and O–H groups in total. The Morgan fingerprint density at radius 1 is 0.842 bits per heavy atom. The van der Waals surface area contributed by atoms with E-state index in [1.54, 1.807) is 0 Å². The van der Waals surface area contributed by atoms with E-state index >= 15 is 0 Å². The van der Waals surface area contributed by atoms with Crippen molar-refractivity contribution >= 4 is 15.9 Å². The standard InChI is InChI=1S/C15H31BrO3/c1-4-5-7-17-9-11-19-12-10-18-8-6-15(13-16)14(2)3/h14-15H,4-13H2,1-3H3. The van der Waals surface area contributed by atoms with Gasteiger partial charge in [-0.05, 0) is 24.7 Å². The second kappa shape index (κ2) is 14.8. The summed E-state index contributed by atoms with van der Waals surface area (Å²) in [5.74, 6) is 1.41. The first-order valence-electron chi connectivity index (χ1n) is 7.51. The van der Waals surface area contributed by atoms with Crippen molar-refractivity contribution in [3.05, 3.63) is 0 Å². The Labute approximate surface area is 127 Å². The Bertz CT molecular complexity index is 177. The molecule has 1 unspecified atom stereocenters. The predicted molar refractivity (Wildman–Crippen MR) is 84.1 cm³/mol. The van der Waals surface area contributed by atoms with Gasteiger partial charge in [-0.2, -0.15) is 0 Å².